The van der Waals surface area contributed by atoms with Crippen molar-refractivity contribution in [1.82, 2.24) is 5.32 Å². The quantitative estimate of drug-likeness (QED) is 0.751. The Labute approximate surface area is 93.5 Å². The molecule has 2 saturated carbocycles. The van der Waals surface area contributed by atoms with Crippen LogP contribution in [0.3, 0.4) is 0 Å². The Morgan fingerprint density at radius 2 is 1.80 bits per heavy atom. The Balaban J connectivity index is 1.72. The smallest absolute Gasteiger partial charge is 0.0636 e. The second-order valence-corrected chi connectivity index (χ2v) is 5.74. The molecule has 2 heteroatoms. The van der Waals surface area contributed by atoms with Crippen molar-refractivity contribution in [2.24, 2.45) is 5.41 Å². The van der Waals surface area contributed by atoms with Gasteiger partial charge in [0.05, 0.1) is 6.10 Å². The van der Waals surface area contributed by atoms with E-state index in [4.69, 9.17) is 0 Å². The van der Waals surface area contributed by atoms with Gasteiger partial charge in [0, 0.05) is 12.6 Å². The van der Waals surface area contributed by atoms with Gasteiger partial charge in [0.15, 0.2) is 0 Å². The maximum Gasteiger partial charge on any atom is 0.0636 e. The van der Waals surface area contributed by atoms with Crippen LogP contribution in [-0.2, 0) is 0 Å². The Morgan fingerprint density at radius 1 is 1.20 bits per heavy atom. The molecule has 0 aromatic rings. The van der Waals surface area contributed by atoms with E-state index in [-0.39, 0.29) is 6.10 Å². The predicted octanol–water partition coefficient (Wildman–Crippen LogP) is 2.46. The van der Waals surface area contributed by atoms with Gasteiger partial charge in [-0.3, -0.25) is 0 Å². The van der Waals surface area contributed by atoms with Gasteiger partial charge < -0.3 is 10.4 Å². The van der Waals surface area contributed by atoms with E-state index in [1.807, 2.05) is 6.92 Å². The van der Waals surface area contributed by atoms with Gasteiger partial charge in [-0.25, -0.2) is 0 Å². The summed E-state index contributed by atoms with van der Waals surface area (Å²) in [4.78, 5) is 0. The summed E-state index contributed by atoms with van der Waals surface area (Å²) in [5, 5.41) is 12.7. The number of aliphatic hydroxyl groups excluding tert-OH is 1. The molecule has 2 nitrogen and oxygen atoms in total. The van der Waals surface area contributed by atoms with E-state index < -0.39 is 0 Å². The van der Waals surface area contributed by atoms with Gasteiger partial charge in [0.1, 0.15) is 0 Å². The van der Waals surface area contributed by atoms with E-state index in [0.29, 0.717) is 6.04 Å². The fraction of sp³-hybridized carbons (Fsp3) is 1.00. The van der Waals surface area contributed by atoms with Crippen molar-refractivity contribution in [2.45, 2.75) is 70.4 Å². The summed E-state index contributed by atoms with van der Waals surface area (Å²) in [5.41, 5.74) is 0.739. The normalized spacial score (nSPS) is 28.4. The molecule has 0 radical (unpaired) electrons. The third-order valence-electron chi connectivity index (χ3n) is 4.41. The van der Waals surface area contributed by atoms with Crippen molar-refractivity contribution in [3.05, 3.63) is 0 Å². The summed E-state index contributed by atoms with van der Waals surface area (Å²) in [7, 11) is 0. The zero-order valence-corrected chi connectivity index (χ0v) is 9.97. The largest absolute Gasteiger partial charge is 0.392 e. The summed E-state index contributed by atoms with van der Waals surface area (Å²) in [5.74, 6) is 0. The summed E-state index contributed by atoms with van der Waals surface area (Å²) in [6.07, 6.45) is 11.2. The van der Waals surface area contributed by atoms with Crippen LogP contribution in [0.5, 0.6) is 0 Å². The van der Waals surface area contributed by atoms with Crippen LogP contribution in [0.1, 0.15) is 58.3 Å². The van der Waals surface area contributed by atoms with E-state index >= 15 is 0 Å². The Hall–Kier alpha value is -0.0800. The van der Waals surface area contributed by atoms with Gasteiger partial charge in [-0.05, 0) is 50.9 Å². The van der Waals surface area contributed by atoms with E-state index in [2.05, 4.69) is 5.32 Å². The minimum absolute atomic E-state index is 0.202. The van der Waals surface area contributed by atoms with Gasteiger partial charge in [-0.15, -0.1) is 0 Å². The first-order valence-corrected chi connectivity index (χ1v) is 6.62. The lowest BCUT2D eigenvalue weighted by molar-refractivity contribution is 0.147. The number of hydrogen-bond acceptors (Lipinski definition) is 2. The van der Waals surface area contributed by atoms with E-state index in [0.717, 1.165) is 12.0 Å². The minimum atomic E-state index is -0.202. The van der Waals surface area contributed by atoms with Crippen LogP contribution in [0.25, 0.3) is 0 Å². The lowest BCUT2D eigenvalue weighted by Crippen LogP contribution is -2.39. The molecule has 2 rings (SSSR count). The lowest BCUT2D eigenvalue weighted by Gasteiger charge is -2.37. The van der Waals surface area contributed by atoms with Crippen molar-refractivity contribution in [2.75, 3.05) is 6.54 Å². The molecule has 0 bridgehead atoms. The Bertz CT molecular complexity index is 187. The molecule has 0 aliphatic heterocycles. The maximum absolute atomic E-state index is 9.23. The van der Waals surface area contributed by atoms with Crippen LogP contribution in [0, 0.1) is 5.41 Å². The first-order chi connectivity index (χ1) is 7.20. The number of hydrogen-bond donors (Lipinski definition) is 2. The molecule has 0 heterocycles. The summed E-state index contributed by atoms with van der Waals surface area (Å²) in [6, 6.07) is 0.672. The molecule has 0 amide bonds. The zero-order chi connectivity index (χ0) is 10.7. The molecule has 2 aliphatic carbocycles. The van der Waals surface area contributed by atoms with Crippen molar-refractivity contribution in [3.8, 4) is 0 Å². The third kappa shape index (κ3) is 2.94. The molecular formula is C13H25NO. The Kier molecular flexibility index (Phi) is 3.68. The molecule has 2 aliphatic rings. The number of nitrogens with one attached hydrogen (secondary N) is 1. The molecule has 0 aromatic carbocycles. The van der Waals surface area contributed by atoms with E-state index in [9.17, 15) is 5.11 Å². The number of rotatable bonds is 3. The lowest BCUT2D eigenvalue weighted by atomic mass is 9.71. The van der Waals surface area contributed by atoms with Crippen molar-refractivity contribution < 1.29 is 5.11 Å². The van der Waals surface area contributed by atoms with Gasteiger partial charge in [-0.1, -0.05) is 12.8 Å². The van der Waals surface area contributed by atoms with Crippen LogP contribution in [0.4, 0.5) is 0 Å². The predicted molar refractivity (Wildman–Crippen MR) is 62.8 cm³/mol. The SMILES string of the molecule is CC(O)CNC1CCC2(CCCC2)CC1. The first-order valence-electron chi connectivity index (χ1n) is 6.62. The van der Waals surface area contributed by atoms with Crippen molar-refractivity contribution in [1.29, 1.82) is 0 Å². The van der Waals surface area contributed by atoms with Gasteiger partial charge in [0.2, 0.25) is 0 Å². The molecule has 1 atom stereocenters. The standard InChI is InChI=1S/C13H25NO/c1-11(15)10-14-12-4-8-13(9-5-12)6-2-3-7-13/h11-12,14-15H,2-10H2,1H3. The van der Waals surface area contributed by atoms with Gasteiger partial charge in [0.25, 0.3) is 0 Å². The van der Waals surface area contributed by atoms with Crippen LogP contribution < -0.4 is 5.32 Å². The number of aliphatic hydroxyl groups is 1. The topological polar surface area (TPSA) is 32.3 Å². The monoisotopic (exact) mass is 211 g/mol. The van der Waals surface area contributed by atoms with Crippen LogP contribution in [0.15, 0.2) is 0 Å². The molecule has 88 valence electrons. The maximum atomic E-state index is 9.23. The first kappa shape index (κ1) is 11.4. The second kappa shape index (κ2) is 4.84. The van der Waals surface area contributed by atoms with Crippen molar-refractivity contribution >= 4 is 0 Å². The van der Waals surface area contributed by atoms with Crippen molar-refractivity contribution in [3.63, 3.8) is 0 Å². The average Bonchev–Trinajstić information content (AvgIpc) is 2.66. The van der Waals surface area contributed by atoms with Crippen LogP contribution in [-0.4, -0.2) is 23.8 Å². The van der Waals surface area contributed by atoms with E-state index in [1.54, 1.807) is 0 Å². The van der Waals surface area contributed by atoms with Crippen LogP contribution >= 0.6 is 0 Å². The third-order valence-corrected chi connectivity index (χ3v) is 4.41. The molecule has 0 saturated heterocycles. The molecule has 1 unspecified atom stereocenters. The average molecular weight is 211 g/mol. The molecular weight excluding hydrogens is 186 g/mol. The summed E-state index contributed by atoms with van der Waals surface area (Å²) in [6.45, 7) is 2.62. The van der Waals surface area contributed by atoms with Crippen LogP contribution in [0.2, 0.25) is 0 Å². The molecule has 1 spiro atoms. The highest BCUT2D eigenvalue weighted by molar-refractivity contribution is 4.91. The van der Waals surface area contributed by atoms with E-state index in [1.165, 1.54) is 51.4 Å². The highest BCUT2D eigenvalue weighted by Crippen LogP contribution is 2.48. The summed E-state index contributed by atoms with van der Waals surface area (Å²) < 4.78 is 0. The zero-order valence-electron chi connectivity index (χ0n) is 9.97. The molecule has 2 fully saturated rings. The fourth-order valence-corrected chi connectivity index (χ4v) is 3.40. The second-order valence-electron chi connectivity index (χ2n) is 5.74. The molecule has 0 aromatic heterocycles. The van der Waals surface area contributed by atoms with Gasteiger partial charge in [-0.2, -0.15) is 0 Å². The van der Waals surface area contributed by atoms with Gasteiger partial charge >= 0.3 is 0 Å². The minimum Gasteiger partial charge on any atom is -0.392 e. The molecule has 15 heavy (non-hydrogen) atoms. The Morgan fingerprint density at radius 3 is 2.33 bits per heavy atom. The highest BCUT2D eigenvalue weighted by Gasteiger charge is 2.37. The summed E-state index contributed by atoms with van der Waals surface area (Å²) >= 11 is 0. The fourth-order valence-electron chi connectivity index (χ4n) is 3.40. The highest BCUT2D eigenvalue weighted by atomic mass is 16.3. The molecule has 2 N–H and O–H groups in total.